The molecule has 1 unspecified atom stereocenters. The molecule has 2 aliphatic rings. The number of piperidine rings is 1. The van der Waals surface area contributed by atoms with Crippen LogP contribution in [0.3, 0.4) is 0 Å². The molecule has 7 nitrogen and oxygen atoms in total. The number of amides is 4. The summed E-state index contributed by atoms with van der Waals surface area (Å²) >= 11 is 1.27. The molecule has 1 heterocycles. The van der Waals surface area contributed by atoms with Gasteiger partial charge in [-0.3, -0.25) is 24.1 Å². The first-order valence-electron chi connectivity index (χ1n) is 10.6. The summed E-state index contributed by atoms with van der Waals surface area (Å²) in [5.41, 5.74) is 0.913. The van der Waals surface area contributed by atoms with E-state index < -0.39 is 0 Å². The fraction of sp³-hybridized carbons (Fsp3) is 0.545. The highest BCUT2D eigenvalue weighted by atomic mass is 32.2. The molecule has 0 spiro atoms. The SMILES string of the molecule is O=C(CSCC(=O)NC1CCCC1)NCCN1C(=O)CCC(c2ccccc2)C1=O. The van der Waals surface area contributed by atoms with Crippen LogP contribution in [0.1, 0.15) is 50.0 Å². The average molecular weight is 432 g/mol. The topological polar surface area (TPSA) is 95.6 Å². The number of thioether (sulfide) groups is 1. The highest BCUT2D eigenvalue weighted by Gasteiger charge is 2.34. The summed E-state index contributed by atoms with van der Waals surface area (Å²) in [7, 11) is 0. The first kappa shape index (κ1) is 22.3. The molecular formula is C22H29N3O4S. The Morgan fingerprint density at radius 3 is 2.43 bits per heavy atom. The van der Waals surface area contributed by atoms with Gasteiger partial charge in [-0.1, -0.05) is 43.2 Å². The Balaban J connectivity index is 1.36. The number of nitrogens with zero attached hydrogens (tertiary/aromatic N) is 1. The van der Waals surface area contributed by atoms with Crippen LogP contribution >= 0.6 is 11.8 Å². The average Bonchev–Trinajstić information content (AvgIpc) is 3.24. The van der Waals surface area contributed by atoms with Crippen molar-refractivity contribution in [1.29, 1.82) is 0 Å². The van der Waals surface area contributed by atoms with Crippen LogP contribution in [0.25, 0.3) is 0 Å². The smallest absolute Gasteiger partial charge is 0.236 e. The Morgan fingerprint density at radius 1 is 1.00 bits per heavy atom. The first-order chi connectivity index (χ1) is 14.5. The van der Waals surface area contributed by atoms with Crippen LogP contribution in [0.15, 0.2) is 30.3 Å². The third kappa shape index (κ3) is 6.32. The lowest BCUT2D eigenvalue weighted by Gasteiger charge is -2.31. The maximum Gasteiger partial charge on any atom is 0.236 e. The quantitative estimate of drug-likeness (QED) is 0.582. The summed E-state index contributed by atoms with van der Waals surface area (Å²) in [4.78, 5) is 50.1. The molecule has 2 fully saturated rings. The van der Waals surface area contributed by atoms with Crippen LogP contribution in [0.4, 0.5) is 0 Å². The summed E-state index contributed by atoms with van der Waals surface area (Å²) in [5, 5.41) is 5.73. The van der Waals surface area contributed by atoms with Crippen molar-refractivity contribution >= 4 is 35.4 Å². The largest absolute Gasteiger partial charge is 0.354 e. The molecule has 0 radical (unpaired) electrons. The van der Waals surface area contributed by atoms with Crippen LogP contribution in [0.5, 0.6) is 0 Å². The van der Waals surface area contributed by atoms with E-state index in [0.29, 0.717) is 12.8 Å². The van der Waals surface area contributed by atoms with Gasteiger partial charge in [-0.15, -0.1) is 11.8 Å². The number of imide groups is 1. The molecule has 4 amide bonds. The van der Waals surface area contributed by atoms with Crippen LogP contribution in [0, 0.1) is 0 Å². The minimum absolute atomic E-state index is 0.0313. The highest BCUT2D eigenvalue weighted by molar-refractivity contribution is 8.00. The predicted molar refractivity (Wildman–Crippen MR) is 116 cm³/mol. The summed E-state index contributed by atoms with van der Waals surface area (Å²) in [5.74, 6) is -0.516. The number of likely N-dealkylation sites (tertiary alicyclic amines) is 1. The molecule has 1 aliphatic carbocycles. The standard InChI is InChI=1S/C22H29N3O4S/c26-19(14-30-15-20(27)24-17-8-4-5-9-17)23-12-13-25-21(28)11-10-18(22(25)29)16-6-2-1-3-7-16/h1-3,6-7,17-18H,4-5,8-15H2,(H,23,26)(H,24,27). The molecule has 3 rings (SSSR count). The maximum absolute atomic E-state index is 12.7. The molecule has 1 saturated heterocycles. The summed E-state index contributed by atoms with van der Waals surface area (Å²) < 4.78 is 0. The third-order valence-electron chi connectivity index (χ3n) is 5.56. The molecule has 30 heavy (non-hydrogen) atoms. The number of carbonyl (C=O) groups is 4. The van der Waals surface area contributed by atoms with Gasteiger partial charge in [0.15, 0.2) is 0 Å². The van der Waals surface area contributed by atoms with Gasteiger partial charge >= 0.3 is 0 Å². The molecule has 0 aromatic heterocycles. The van der Waals surface area contributed by atoms with E-state index in [0.717, 1.165) is 31.2 Å². The molecule has 1 aromatic rings. The van der Waals surface area contributed by atoms with E-state index in [1.807, 2.05) is 30.3 Å². The van der Waals surface area contributed by atoms with Crippen LogP contribution < -0.4 is 10.6 Å². The summed E-state index contributed by atoms with van der Waals surface area (Å²) in [6.45, 7) is 0.381. The Kier molecular flexibility index (Phi) is 8.30. The lowest BCUT2D eigenvalue weighted by Crippen LogP contribution is -2.47. The molecule has 1 aromatic carbocycles. The minimum Gasteiger partial charge on any atom is -0.354 e. The van der Waals surface area contributed by atoms with Crippen LogP contribution in [0.2, 0.25) is 0 Å². The van der Waals surface area contributed by atoms with Crippen molar-refractivity contribution in [2.45, 2.75) is 50.5 Å². The molecular weight excluding hydrogens is 402 g/mol. The van der Waals surface area contributed by atoms with Gasteiger partial charge in [-0.05, 0) is 24.8 Å². The number of hydrogen-bond acceptors (Lipinski definition) is 5. The third-order valence-corrected chi connectivity index (χ3v) is 6.49. The molecule has 8 heteroatoms. The van der Waals surface area contributed by atoms with Crippen molar-refractivity contribution in [3.63, 3.8) is 0 Å². The van der Waals surface area contributed by atoms with Gasteiger partial charge in [0, 0.05) is 25.6 Å². The number of carbonyl (C=O) groups excluding carboxylic acids is 4. The van der Waals surface area contributed by atoms with Crippen molar-refractivity contribution in [3.8, 4) is 0 Å². The maximum atomic E-state index is 12.7. The number of benzene rings is 1. The normalized spacial score (nSPS) is 19.7. The Bertz CT molecular complexity index is 765. The first-order valence-corrected chi connectivity index (χ1v) is 11.7. The zero-order valence-electron chi connectivity index (χ0n) is 17.1. The van der Waals surface area contributed by atoms with Crippen molar-refractivity contribution in [1.82, 2.24) is 15.5 Å². The van der Waals surface area contributed by atoms with Gasteiger partial charge in [-0.25, -0.2) is 0 Å². The van der Waals surface area contributed by atoms with Gasteiger partial charge in [0.25, 0.3) is 0 Å². The number of rotatable bonds is 9. The molecule has 1 aliphatic heterocycles. The number of hydrogen-bond donors (Lipinski definition) is 2. The van der Waals surface area contributed by atoms with E-state index in [4.69, 9.17) is 0 Å². The molecule has 2 N–H and O–H groups in total. The summed E-state index contributed by atoms with van der Waals surface area (Å²) in [6.07, 6.45) is 5.24. The van der Waals surface area contributed by atoms with Gasteiger partial charge in [0.1, 0.15) is 0 Å². The van der Waals surface area contributed by atoms with E-state index in [1.165, 1.54) is 16.7 Å². The lowest BCUT2D eigenvalue weighted by molar-refractivity contribution is -0.149. The lowest BCUT2D eigenvalue weighted by atomic mass is 9.89. The van der Waals surface area contributed by atoms with E-state index in [-0.39, 0.29) is 60.2 Å². The Labute approximate surface area is 181 Å². The summed E-state index contributed by atoms with van der Waals surface area (Å²) in [6, 6.07) is 9.75. The van der Waals surface area contributed by atoms with Gasteiger partial charge in [0.05, 0.1) is 17.4 Å². The second-order valence-corrected chi connectivity index (χ2v) is 8.76. The minimum atomic E-state index is -0.312. The predicted octanol–water partition coefficient (Wildman–Crippen LogP) is 1.83. The van der Waals surface area contributed by atoms with Crippen molar-refractivity contribution < 1.29 is 19.2 Å². The van der Waals surface area contributed by atoms with Gasteiger partial charge in [-0.2, -0.15) is 0 Å². The van der Waals surface area contributed by atoms with E-state index in [1.54, 1.807) is 0 Å². The van der Waals surface area contributed by atoms with Crippen LogP contribution in [-0.2, 0) is 19.2 Å². The Hall–Kier alpha value is -2.35. The van der Waals surface area contributed by atoms with Crippen molar-refractivity contribution in [2.75, 3.05) is 24.6 Å². The highest BCUT2D eigenvalue weighted by Crippen LogP contribution is 2.28. The van der Waals surface area contributed by atoms with E-state index in [2.05, 4.69) is 10.6 Å². The van der Waals surface area contributed by atoms with Gasteiger partial charge < -0.3 is 10.6 Å². The fourth-order valence-corrected chi connectivity index (χ4v) is 4.66. The zero-order chi connectivity index (χ0) is 21.3. The monoisotopic (exact) mass is 431 g/mol. The molecule has 162 valence electrons. The zero-order valence-corrected chi connectivity index (χ0v) is 17.9. The number of nitrogens with one attached hydrogen (secondary N) is 2. The van der Waals surface area contributed by atoms with Crippen LogP contribution in [-0.4, -0.2) is 59.2 Å². The molecule has 0 bridgehead atoms. The van der Waals surface area contributed by atoms with Gasteiger partial charge in [0.2, 0.25) is 23.6 Å². The fourth-order valence-electron chi connectivity index (χ4n) is 4.00. The van der Waals surface area contributed by atoms with E-state index >= 15 is 0 Å². The molecule has 1 atom stereocenters. The van der Waals surface area contributed by atoms with Crippen molar-refractivity contribution in [3.05, 3.63) is 35.9 Å². The van der Waals surface area contributed by atoms with E-state index in [9.17, 15) is 19.2 Å². The second-order valence-electron chi connectivity index (χ2n) is 7.78. The Morgan fingerprint density at radius 2 is 1.70 bits per heavy atom. The second kappa shape index (κ2) is 11.2. The van der Waals surface area contributed by atoms with Crippen molar-refractivity contribution in [2.24, 2.45) is 0 Å². The molecule has 1 saturated carbocycles.